The maximum absolute atomic E-state index is 14.8. The molecule has 1 unspecified atom stereocenters. The molecule has 10 heteroatoms. The number of halogens is 3. The molecule has 31 heavy (non-hydrogen) atoms. The van der Waals surface area contributed by atoms with Crippen LogP contribution in [0.2, 0.25) is 5.15 Å². The highest BCUT2D eigenvalue weighted by atomic mass is 35.5. The van der Waals surface area contributed by atoms with Crippen molar-refractivity contribution in [3.05, 3.63) is 17.2 Å². The summed E-state index contributed by atoms with van der Waals surface area (Å²) in [6.45, 7) is 2.81. The third kappa shape index (κ3) is 3.91. The number of aliphatic hydroxyl groups excluding tert-OH is 1. The molecule has 0 bridgehead atoms. The molecule has 3 aliphatic heterocycles. The number of hydrogen-bond donors (Lipinski definition) is 1. The Balaban J connectivity index is 1.49. The molecule has 0 aromatic carbocycles. The first-order chi connectivity index (χ1) is 14.9. The molecule has 1 N–H and O–H groups in total. The highest BCUT2D eigenvalue weighted by molar-refractivity contribution is 6.30. The second-order valence-electron chi connectivity index (χ2n) is 8.89. The largest absolute Gasteiger partial charge is 0.461 e. The Morgan fingerprint density at radius 3 is 2.97 bits per heavy atom. The van der Waals surface area contributed by atoms with Crippen LogP contribution in [0.4, 0.5) is 14.6 Å². The van der Waals surface area contributed by atoms with Gasteiger partial charge in [0.05, 0.1) is 17.0 Å². The maximum atomic E-state index is 14.8. The molecule has 3 saturated heterocycles. The summed E-state index contributed by atoms with van der Waals surface area (Å²) < 4.78 is 34.9. The third-order valence-electron chi connectivity index (χ3n) is 6.83. The summed E-state index contributed by atoms with van der Waals surface area (Å²) in [5.41, 5.74) is -0.292. The van der Waals surface area contributed by atoms with E-state index in [1.54, 1.807) is 0 Å². The van der Waals surface area contributed by atoms with Gasteiger partial charge in [-0.25, -0.2) is 13.8 Å². The Morgan fingerprint density at radius 2 is 2.10 bits per heavy atom. The predicted octanol–water partition coefficient (Wildman–Crippen LogP) is 3.12. The number of aromatic nitrogens is 3. The molecule has 3 atom stereocenters. The van der Waals surface area contributed by atoms with Gasteiger partial charge in [-0.05, 0) is 38.6 Å². The molecule has 0 saturated carbocycles. The number of anilines is 1. The van der Waals surface area contributed by atoms with Crippen molar-refractivity contribution < 1.29 is 18.6 Å². The van der Waals surface area contributed by atoms with Crippen molar-refractivity contribution in [3.8, 4) is 6.01 Å². The van der Waals surface area contributed by atoms with Gasteiger partial charge in [0.15, 0.2) is 11.0 Å². The molecular formula is C21H26ClF2N5O2. The van der Waals surface area contributed by atoms with Crippen molar-refractivity contribution in [3.63, 3.8) is 0 Å². The summed E-state index contributed by atoms with van der Waals surface area (Å²) in [4.78, 5) is 17.0. The van der Waals surface area contributed by atoms with Crippen molar-refractivity contribution in [2.24, 2.45) is 0 Å². The minimum absolute atomic E-state index is 0.0528. The maximum Gasteiger partial charge on any atom is 0.319 e. The first-order valence-corrected chi connectivity index (χ1v) is 11.3. The molecule has 7 nitrogen and oxygen atoms in total. The Morgan fingerprint density at radius 1 is 1.23 bits per heavy atom. The zero-order chi connectivity index (χ0) is 21.6. The van der Waals surface area contributed by atoms with Crippen LogP contribution in [0.3, 0.4) is 0 Å². The van der Waals surface area contributed by atoms with E-state index in [-0.39, 0.29) is 34.9 Å². The number of aliphatic hydroxyl groups is 1. The highest BCUT2D eigenvalue weighted by Gasteiger charge is 2.49. The van der Waals surface area contributed by atoms with Gasteiger partial charge in [0.25, 0.3) is 0 Å². The van der Waals surface area contributed by atoms with Crippen LogP contribution < -0.4 is 9.64 Å². The number of nitrogens with zero attached hydrogens (tertiary/aromatic N) is 5. The average molecular weight is 454 g/mol. The van der Waals surface area contributed by atoms with Crippen molar-refractivity contribution >= 4 is 28.3 Å². The Hall–Kier alpha value is -1.84. The standard InChI is InChI=1S/C21H26ClF2N5O2/c22-18-16(24)17-15(10-25-18)19(28-6-1-3-14(30)4-8-28)27-20(26-17)31-12-21-5-2-7-29(21)11-13(23)9-21/h10,13-14,30H,1-9,11-12H2/t13-,14?,21+/m1/s1. The fourth-order valence-corrected chi connectivity index (χ4v) is 5.38. The number of hydrogen-bond acceptors (Lipinski definition) is 7. The van der Waals surface area contributed by atoms with Gasteiger partial charge in [-0.15, -0.1) is 0 Å². The Labute approximate surface area is 184 Å². The van der Waals surface area contributed by atoms with Crippen molar-refractivity contribution in [2.45, 2.75) is 56.3 Å². The molecule has 2 aromatic heterocycles. The first-order valence-electron chi connectivity index (χ1n) is 10.9. The van der Waals surface area contributed by atoms with E-state index in [1.807, 2.05) is 4.90 Å². The van der Waals surface area contributed by atoms with Gasteiger partial charge in [-0.2, -0.15) is 9.97 Å². The second kappa shape index (κ2) is 8.26. The van der Waals surface area contributed by atoms with E-state index < -0.39 is 12.0 Å². The van der Waals surface area contributed by atoms with E-state index in [0.717, 1.165) is 25.8 Å². The van der Waals surface area contributed by atoms with E-state index in [1.165, 1.54) is 6.20 Å². The van der Waals surface area contributed by atoms with Crippen LogP contribution in [0, 0.1) is 5.82 Å². The van der Waals surface area contributed by atoms with E-state index in [2.05, 4.69) is 19.9 Å². The van der Waals surface area contributed by atoms with Gasteiger partial charge in [0.1, 0.15) is 24.1 Å². The summed E-state index contributed by atoms with van der Waals surface area (Å²) in [5.74, 6) is -0.194. The van der Waals surface area contributed by atoms with E-state index in [4.69, 9.17) is 16.3 Å². The smallest absolute Gasteiger partial charge is 0.319 e. The topological polar surface area (TPSA) is 74.6 Å². The Bertz CT molecular complexity index is 982. The van der Waals surface area contributed by atoms with Gasteiger partial charge in [0.2, 0.25) is 0 Å². The van der Waals surface area contributed by atoms with Crippen LogP contribution in [0.25, 0.3) is 10.9 Å². The lowest BCUT2D eigenvalue weighted by atomic mass is 9.95. The quantitative estimate of drug-likeness (QED) is 0.713. The fourth-order valence-electron chi connectivity index (χ4n) is 5.24. The van der Waals surface area contributed by atoms with Crippen molar-refractivity contribution in [1.82, 2.24) is 19.9 Å². The lowest BCUT2D eigenvalue weighted by molar-refractivity contribution is 0.107. The molecule has 0 spiro atoms. The molecule has 0 amide bonds. The van der Waals surface area contributed by atoms with Gasteiger partial charge in [0, 0.05) is 32.3 Å². The molecule has 168 valence electrons. The monoisotopic (exact) mass is 453 g/mol. The lowest BCUT2D eigenvalue weighted by Crippen LogP contribution is -2.43. The van der Waals surface area contributed by atoms with Crippen molar-refractivity contribution in [1.29, 1.82) is 0 Å². The second-order valence-corrected chi connectivity index (χ2v) is 9.25. The van der Waals surface area contributed by atoms with Crippen LogP contribution >= 0.6 is 11.6 Å². The molecule has 0 radical (unpaired) electrons. The average Bonchev–Trinajstić information content (AvgIpc) is 3.17. The zero-order valence-corrected chi connectivity index (χ0v) is 18.0. The number of rotatable bonds is 4. The molecule has 3 fully saturated rings. The van der Waals surface area contributed by atoms with Gasteiger partial charge < -0.3 is 14.7 Å². The minimum Gasteiger partial charge on any atom is -0.461 e. The summed E-state index contributed by atoms with van der Waals surface area (Å²) in [5, 5.41) is 10.2. The number of fused-ring (bicyclic) bond motifs is 2. The fraction of sp³-hybridized carbons (Fsp3) is 0.667. The highest BCUT2D eigenvalue weighted by Crippen LogP contribution is 2.40. The Kier molecular flexibility index (Phi) is 5.60. The molecule has 0 aliphatic carbocycles. The van der Waals surface area contributed by atoms with Crippen LogP contribution in [0.5, 0.6) is 6.01 Å². The third-order valence-corrected chi connectivity index (χ3v) is 7.09. The van der Waals surface area contributed by atoms with E-state index in [0.29, 0.717) is 50.1 Å². The predicted molar refractivity (Wildman–Crippen MR) is 113 cm³/mol. The van der Waals surface area contributed by atoms with Gasteiger partial charge >= 0.3 is 6.01 Å². The van der Waals surface area contributed by atoms with E-state index in [9.17, 15) is 13.9 Å². The molecular weight excluding hydrogens is 428 g/mol. The summed E-state index contributed by atoms with van der Waals surface area (Å²) in [6, 6.07) is 0.0528. The zero-order valence-electron chi connectivity index (χ0n) is 17.2. The van der Waals surface area contributed by atoms with Gasteiger partial charge in [-0.1, -0.05) is 11.6 Å². The lowest BCUT2D eigenvalue weighted by Gasteiger charge is -2.31. The molecule has 5 rings (SSSR count). The van der Waals surface area contributed by atoms with Crippen LogP contribution in [-0.2, 0) is 0 Å². The van der Waals surface area contributed by atoms with Crippen LogP contribution in [0.1, 0.15) is 38.5 Å². The van der Waals surface area contributed by atoms with E-state index >= 15 is 0 Å². The minimum atomic E-state index is -0.858. The molecule has 3 aliphatic rings. The molecule has 2 aromatic rings. The van der Waals surface area contributed by atoms with Crippen molar-refractivity contribution in [2.75, 3.05) is 37.7 Å². The summed E-state index contributed by atoms with van der Waals surface area (Å²) in [6.07, 6.45) is 4.66. The first kappa shape index (κ1) is 21.0. The summed E-state index contributed by atoms with van der Waals surface area (Å²) in [7, 11) is 0. The SMILES string of the molecule is OC1CCCN(c2nc(OC[C@@]34CCCN3C[C@H](F)C4)nc3c(F)c(Cl)ncc23)CC1. The molecule has 5 heterocycles. The van der Waals surface area contributed by atoms with Gasteiger partial charge in [-0.3, -0.25) is 4.90 Å². The summed E-state index contributed by atoms with van der Waals surface area (Å²) >= 11 is 5.91. The number of pyridine rings is 1. The van der Waals surface area contributed by atoms with Crippen LogP contribution in [0.15, 0.2) is 6.20 Å². The normalized spacial score (nSPS) is 29.4. The number of alkyl halides is 1. The van der Waals surface area contributed by atoms with Crippen LogP contribution in [-0.4, -0.2) is 75.6 Å². The number of ether oxygens (including phenoxy) is 1.